The number of fused-ring (bicyclic) bond motifs is 16. The van der Waals surface area contributed by atoms with Crippen molar-refractivity contribution in [3.8, 4) is 108 Å². The third-order valence-corrected chi connectivity index (χ3v) is 22.9. The van der Waals surface area contributed by atoms with Gasteiger partial charge in [-0.1, -0.05) is 366 Å². The number of ether oxygens (including phenoxy) is 6. The van der Waals surface area contributed by atoms with E-state index in [1.165, 1.54) is 109 Å². The van der Waals surface area contributed by atoms with E-state index in [1.807, 2.05) is 141 Å². The van der Waals surface area contributed by atoms with Gasteiger partial charge in [0.25, 0.3) is 20.1 Å². The van der Waals surface area contributed by atoms with Crippen LogP contribution in [0.2, 0.25) is 0 Å². The number of aromatic nitrogens is 1. The topological polar surface area (TPSA) is 60.3 Å². The SMILES string of the molecule is CC.CC.CC.CC.CC.CC.CC.CC.c1ccc2c(c1)Oc1ccc(-c3ccc(-n4c5ccccc5c5ccccc54)cc3)c3c1B2c1ccccc1O3.c1ccc2c(c1)Oc1ccc(-c3ccc4ccc5cccc6ccc3c4c56)c3c1B2c1ccccc1O3.c1ccc2c(c1)Oc1ccc(-c3cccc4ccccc34)c3c1B2c1ccccc1O3. The summed E-state index contributed by atoms with van der Waals surface area (Å²) in [7, 11) is 0. The normalized spacial score (nSPS) is 11.7. The summed E-state index contributed by atoms with van der Waals surface area (Å²) in [5.41, 5.74) is 20.7. The maximum absolute atomic E-state index is 6.74. The summed E-state index contributed by atoms with van der Waals surface area (Å²) in [6.07, 6.45) is 0. The summed E-state index contributed by atoms with van der Waals surface area (Å²) >= 11 is 0. The van der Waals surface area contributed by atoms with Gasteiger partial charge in [0, 0.05) is 49.5 Å². The van der Waals surface area contributed by atoms with Gasteiger partial charge < -0.3 is 33.0 Å². The molecule has 0 unspecified atom stereocenters. The number of hydrogen-bond acceptors (Lipinski definition) is 6. The molecular weight excluding hydrogens is 1510 g/mol. The Bertz CT molecular complexity index is 6900. The Hall–Kier alpha value is -13.9. The molecule has 0 saturated heterocycles. The second-order valence-electron chi connectivity index (χ2n) is 28.6. The van der Waals surface area contributed by atoms with Crippen LogP contribution in [0.4, 0.5) is 0 Å². The third kappa shape index (κ3) is 14.8. The smallest absolute Gasteiger partial charge is 0.260 e. The lowest BCUT2D eigenvalue weighted by Gasteiger charge is -2.34. The first-order valence-electron chi connectivity index (χ1n) is 44.9. The fourth-order valence-corrected chi connectivity index (χ4v) is 18.2. The molecule has 10 heteroatoms. The largest absolute Gasteiger partial charge is 0.458 e. The minimum atomic E-state index is 0.0664. The molecule has 0 fully saturated rings. The van der Waals surface area contributed by atoms with E-state index in [2.05, 4.69) is 326 Å². The van der Waals surface area contributed by atoms with E-state index in [1.54, 1.807) is 0 Å². The van der Waals surface area contributed by atoms with Crippen LogP contribution < -0.4 is 77.6 Å². The number of nitrogens with zero attached hydrogens (tertiary/aromatic N) is 1. The summed E-state index contributed by atoms with van der Waals surface area (Å²) in [5, 5.41) is 12.7. The first-order valence-corrected chi connectivity index (χ1v) is 44.9. The molecule has 0 saturated carbocycles. The maximum Gasteiger partial charge on any atom is 0.260 e. The van der Waals surface area contributed by atoms with Crippen LogP contribution in [0.3, 0.4) is 0 Å². The summed E-state index contributed by atoms with van der Waals surface area (Å²) in [6.45, 7) is 32.2. The van der Waals surface area contributed by atoms with Crippen molar-refractivity contribution >= 4 is 134 Å². The van der Waals surface area contributed by atoms with E-state index in [-0.39, 0.29) is 20.1 Å². The highest BCUT2D eigenvalue weighted by molar-refractivity contribution is 6.99. The van der Waals surface area contributed by atoms with Crippen molar-refractivity contribution in [3.63, 3.8) is 0 Å². The minimum Gasteiger partial charge on any atom is -0.458 e. The van der Waals surface area contributed by atoms with Gasteiger partial charge in [-0.15, -0.1) is 0 Å². The van der Waals surface area contributed by atoms with E-state index in [9.17, 15) is 0 Å². The summed E-state index contributed by atoms with van der Waals surface area (Å²) in [4.78, 5) is 0. The molecule has 0 N–H and O–H groups in total. The van der Waals surface area contributed by atoms with Crippen molar-refractivity contribution in [3.05, 3.63) is 352 Å². The molecule has 0 amide bonds. The molecule has 7 heterocycles. The van der Waals surface area contributed by atoms with Crippen LogP contribution in [-0.4, -0.2) is 24.7 Å². The Morgan fingerprint density at radius 1 is 0.185 bits per heavy atom. The van der Waals surface area contributed by atoms with Crippen LogP contribution in [0.1, 0.15) is 111 Å². The zero-order chi connectivity index (χ0) is 86.7. The van der Waals surface area contributed by atoms with E-state index in [4.69, 9.17) is 28.4 Å². The molecule has 18 aromatic carbocycles. The second kappa shape index (κ2) is 38.4. The van der Waals surface area contributed by atoms with Crippen molar-refractivity contribution in [2.24, 2.45) is 0 Å². The molecule has 124 heavy (non-hydrogen) atoms. The first-order chi connectivity index (χ1) is 61.6. The van der Waals surface area contributed by atoms with Gasteiger partial charge in [-0.3, -0.25) is 0 Å². The van der Waals surface area contributed by atoms with Crippen LogP contribution in [0.15, 0.2) is 352 Å². The summed E-state index contributed by atoms with van der Waals surface area (Å²) < 4.78 is 41.5. The van der Waals surface area contributed by atoms with E-state index >= 15 is 0 Å². The van der Waals surface area contributed by atoms with Crippen molar-refractivity contribution in [1.29, 1.82) is 0 Å². The van der Waals surface area contributed by atoms with Gasteiger partial charge in [0.05, 0.1) is 11.0 Å². The molecule has 6 aliphatic rings. The predicted octanol–water partition coefficient (Wildman–Crippen LogP) is 27.6. The second-order valence-corrected chi connectivity index (χ2v) is 28.6. The average Bonchev–Trinajstić information content (AvgIpc) is 1.08. The molecule has 0 spiro atoms. The van der Waals surface area contributed by atoms with Gasteiger partial charge in [-0.05, 0) is 190 Å². The number of rotatable bonds is 4. The van der Waals surface area contributed by atoms with Crippen LogP contribution in [0, 0.1) is 0 Å². The van der Waals surface area contributed by atoms with Crippen molar-refractivity contribution < 1.29 is 28.4 Å². The molecule has 1 aromatic heterocycles. The van der Waals surface area contributed by atoms with Crippen LogP contribution in [0.25, 0.3) is 104 Å². The Balaban J connectivity index is 0.000000134. The first kappa shape index (κ1) is 85.0. The van der Waals surface area contributed by atoms with Gasteiger partial charge in [0.1, 0.15) is 69.0 Å². The molecule has 0 bridgehead atoms. The molecule has 6 aliphatic heterocycles. The fraction of sp³-hybridized carbons (Fsp3) is 0.140. The highest BCUT2D eigenvalue weighted by Crippen LogP contribution is 2.48. The highest BCUT2D eigenvalue weighted by atomic mass is 16.5. The zero-order valence-corrected chi connectivity index (χ0v) is 74.1. The number of benzene rings is 18. The molecule has 19 aromatic rings. The zero-order valence-electron chi connectivity index (χ0n) is 74.1. The summed E-state index contributed by atoms with van der Waals surface area (Å²) in [5.74, 6) is 10.7. The Kier molecular flexibility index (Phi) is 26.3. The molecular formula is C114H106B3NO6. The quantitative estimate of drug-likeness (QED) is 0.129. The van der Waals surface area contributed by atoms with Gasteiger partial charge in [0.15, 0.2) is 0 Å². The lowest BCUT2D eigenvalue weighted by atomic mass is 9.34. The van der Waals surface area contributed by atoms with Crippen molar-refractivity contribution in [2.75, 3.05) is 0 Å². The van der Waals surface area contributed by atoms with E-state index in [0.717, 1.165) is 113 Å². The standard InChI is InChI=1S/C36H22BNO2.C34H19BO2.C28H17BO2.8C2H6/c1-5-13-30-26(9-1)27-10-2-6-14-31(27)38(30)24-19-17-23(18-20-24)25-21-22-34-35-36(25)40-33-16-8-4-12-29(33)37(35)28-11-3-7-15-32(28)39-34;1-3-10-28-26(8-1)35-27-9-2-4-11-29(27)37-34-25(18-19-30(36-28)33(34)35)23-16-14-22-13-12-20-6-5-7-21-15-17-24(23)32(22)31(20)21;1-2-10-19-18(8-1)9-7-11-20(19)21-16-17-26-27-28(21)31-25-15-6-4-13-23(25)29(27)22-12-3-5-14-24(22)30-26;8*1-2/h1-22H;1-19H;1-17H;8*1-2H3. The predicted molar refractivity (Wildman–Crippen MR) is 535 cm³/mol. The van der Waals surface area contributed by atoms with Gasteiger partial charge in [0.2, 0.25) is 0 Å². The fourth-order valence-electron chi connectivity index (χ4n) is 18.2. The van der Waals surface area contributed by atoms with Gasteiger partial charge in [-0.25, -0.2) is 0 Å². The van der Waals surface area contributed by atoms with Crippen LogP contribution in [-0.2, 0) is 0 Å². The van der Waals surface area contributed by atoms with Crippen LogP contribution >= 0.6 is 0 Å². The molecule has 612 valence electrons. The molecule has 7 nitrogen and oxygen atoms in total. The van der Waals surface area contributed by atoms with E-state index < -0.39 is 0 Å². The lowest BCUT2D eigenvalue weighted by molar-refractivity contribution is 0.465. The van der Waals surface area contributed by atoms with Gasteiger partial charge >= 0.3 is 0 Å². The highest BCUT2D eigenvalue weighted by Gasteiger charge is 2.45. The minimum absolute atomic E-state index is 0.0664. The van der Waals surface area contributed by atoms with Crippen LogP contribution in [0.5, 0.6) is 69.0 Å². The third-order valence-electron chi connectivity index (χ3n) is 22.9. The van der Waals surface area contributed by atoms with Gasteiger partial charge in [-0.2, -0.15) is 0 Å². The Morgan fingerprint density at radius 3 is 0.895 bits per heavy atom. The molecule has 25 rings (SSSR count). The Labute approximate surface area is 733 Å². The van der Waals surface area contributed by atoms with E-state index in [0.29, 0.717) is 0 Å². The number of para-hydroxylation sites is 8. The molecule has 0 aliphatic carbocycles. The molecule has 0 atom stereocenters. The van der Waals surface area contributed by atoms with Crippen molar-refractivity contribution in [2.45, 2.75) is 111 Å². The van der Waals surface area contributed by atoms with Crippen molar-refractivity contribution in [1.82, 2.24) is 4.57 Å². The number of hydrogen-bond donors (Lipinski definition) is 0. The Morgan fingerprint density at radius 2 is 0.476 bits per heavy atom. The lowest BCUT2D eigenvalue weighted by Crippen LogP contribution is -2.57. The molecule has 0 radical (unpaired) electrons. The maximum atomic E-state index is 6.74. The monoisotopic (exact) mass is 1620 g/mol. The average molecular weight is 1620 g/mol. The summed E-state index contributed by atoms with van der Waals surface area (Å²) in [6, 6.07) is 124.